The molecule has 2 aromatic heterocycles. The summed E-state index contributed by atoms with van der Waals surface area (Å²) in [7, 11) is 0. The number of halogens is 1. The number of carboxylic acid groups (broad SMARTS) is 1. The third-order valence-corrected chi connectivity index (χ3v) is 2.78. The Hall–Kier alpha value is -2.89. The third-order valence-electron chi connectivity index (χ3n) is 2.78. The van der Waals surface area contributed by atoms with Crippen LogP contribution < -0.4 is 4.74 Å². The highest BCUT2D eigenvalue weighted by atomic mass is 19.1. The molecule has 0 aliphatic heterocycles. The summed E-state index contributed by atoms with van der Waals surface area (Å²) >= 11 is 0. The minimum atomic E-state index is -1.18. The van der Waals surface area contributed by atoms with Crippen molar-refractivity contribution in [3.8, 4) is 11.5 Å². The fourth-order valence-corrected chi connectivity index (χ4v) is 1.86. The number of nitrogens with zero attached hydrogens (tertiary/aromatic N) is 1. The smallest absolute Gasteiger partial charge is 0.339 e. The molecule has 0 aliphatic rings. The predicted octanol–water partition coefficient (Wildman–Crippen LogP) is 3.19. The minimum absolute atomic E-state index is 0.0609. The highest BCUT2D eigenvalue weighted by molar-refractivity contribution is 5.91. The Balaban J connectivity index is 2.01. The van der Waals surface area contributed by atoms with E-state index in [4.69, 9.17) is 9.84 Å². The lowest BCUT2D eigenvalue weighted by atomic mass is 10.2. The number of aromatic amines is 1. The van der Waals surface area contributed by atoms with E-state index >= 15 is 0 Å². The molecule has 0 aliphatic carbocycles. The van der Waals surface area contributed by atoms with Crippen LogP contribution in [0.4, 0.5) is 4.39 Å². The number of H-pyrrole nitrogens is 1. The average molecular weight is 272 g/mol. The largest absolute Gasteiger partial charge is 0.478 e. The molecule has 3 aromatic rings. The van der Waals surface area contributed by atoms with E-state index in [0.29, 0.717) is 11.4 Å². The van der Waals surface area contributed by atoms with Gasteiger partial charge in [-0.05, 0) is 24.3 Å². The number of pyridine rings is 1. The van der Waals surface area contributed by atoms with Crippen LogP contribution in [0.1, 0.15) is 10.4 Å². The molecule has 0 radical (unpaired) electrons. The Morgan fingerprint density at radius 2 is 2.15 bits per heavy atom. The number of benzene rings is 1. The predicted molar refractivity (Wildman–Crippen MR) is 69.5 cm³/mol. The molecule has 1 aromatic carbocycles. The van der Waals surface area contributed by atoms with Gasteiger partial charge in [0.15, 0.2) is 0 Å². The fourth-order valence-electron chi connectivity index (χ4n) is 1.86. The number of hydrogen-bond donors (Lipinski definition) is 2. The lowest BCUT2D eigenvalue weighted by Gasteiger charge is -2.08. The van der Waals surface area contributed by atoms with E-state index in [1.807, 2.05) is 0 Å². The number of nitrogens with one attached hydrogen (secondary N) is 1. The lowest BCUT2D eigenvalue weighted by molar-refractivity contribution is 0.0694. The van der Waals surface area contributed by atoms with Crippen LogP contribution in [-0.4, -0.2) is 21.0 Å². The van der Waals surface area contributed by atoms with Gasteiger partial charge in [0.05, 0.1) is 6.20 Å². The van der Waals surface area contributed by atoms with Crippen LogP contribution in [0, 0.1) is 5.82 Å². The molecule has 0 fully saturated rings. The van der Waals surface area contributed by atoms with E-state index in [0.717, 1.165) is 23.6 Å². The number of ether oxygens (including phenoxy) is 1. The number of fused-ring (bicyclic) bond motifs is 1. The van der Waals surface area contributed by atoms with Gasteiger partial charge in [-0.15, -0.1) is 0 Å². The molecule has 0 unspecified atom stereocenters. The second-order valence-electron chi connectivity index (χ2n) is 4.13. The van der Waals surface area contributed by atoms with E-state index in [-0.39, 0.29) is 11.3 Å². The van der Waals surface area contributed by atoms with Crippen molar-refractivity contribution in [1.82, 2.24) is 9.97 Å². The summed E-state index contributed by atoms with van der Waals surface area (Å²) in [6, 6.07) is 6.76. The molecule has 20 heavy (non-hydrogen) atoms. The van der Waals surface area contributed by atoms with Crippen LogP contribution in [0.15, 0.2) is 42.7 Å². The molecule has 5 nitrogen and oxygen atoms in total. The monoisotopic (exact) mass is 272 g/mol. The van der Waals surface area contributed by atoms with E-state index in [1.165, 1.54) is 6.20 Å². The van der Waals surface area contributed by atoms with E-state index in [2.05, 4.69) is 9.97 Å². The van der Waals surface area contributed by atoms with Gasteiger partial charge in [0.2, 0.25) is 0 Å². The molecule has 2 N–H and O–H groups in total. The fraction of sp³-hybridized carbons (Fsp3) is 0. The molecule has 6 heteroatoms. The number of aromatic nitrogens is 2. The van der Waals surface area contributed by atoms with Crippen molar-refractivity contribution in [2.75, 3.05) is 0 Å². The Bertz CT molecular complexity index is 798. The van der Waals surface area contributed by atoms with Gasteiger partial charge < -0.3 is 14.8 Å². The highest BCUT2D eigenvalue weighted by Gasteiger charge is 2.13. The molecule has 3 rings (SSSR count). The number of carboxylic acids is 1. The number of hydrogen-bond acceptors (Lipinski definition) is 3. The first kappa shape index (κ1) is 12.2. The van der Waals surface area contributed by atoms with Crippen LogP contribution in [0.2, 0.25) is 0 Å². The maximum Gasteiger partial charge on any atom is 0.339 e. The van der Waals surface area contributed by atoms with Crippen molar-refractivity contribution in [1.29, 1.82) is 0 Å². The third kappa shape index (κ3) is 2.18. The number of rotatable bonds is 3. The van der Waals surface area contributed by atoms with E-state index in [9.17, 15) is 9.18 Å². The number of carbonyl (C=O) groups is 1. The lowest BCUT2D eigenvalue weighted by Crippen LogP contribution is -2.00. The highest BCUT2D eigenvalue weighted by Crippen LogP contribution is 2.27. The van der Waals surface area contributed by atoms with Crippen LogP contribution in [0.25, 0.3) is 11.0 Å². The van der Waals surface area contributed by atoms with Gasteiger partial charge in [0.25, 0.3) is 0 Å². The molecule has 0 atom stereocenters. The molecular formula is C14H9FN2O3. The molecule has 2 heterocycles. The minimum Gasteiger partial charge on any atom is -0.478 e. The standard InChI is InChI=1S/C14H9FN2O3/c15-9-1-2-11(14(18)19)12(6-9)20-10-5-8-3-4-16-13(8)17-7-10/h1-7H,(H,16,17)(H,18,19). The van der Waals surface area contributed by atoms with Gasteiger partial charge in [-0.25, -0.2) is 14.2 Å². The molecule has 0 amide bonds. The first-order valence-electron chi connectivity index (χ1n) is 5.77. The van der Waals surface area contributed by atoms with E-state index in [1.54, 1.807) is 18.3 Å². The summed E-state index contributed by atoms with van der Waals surface area (Å²) in [5, 5.41) is 9.87. The van der Waals surface area contributed by atoms with Crippen molar-refractivity contribution in [2.45, 2.75) is 0 Å². The van der Waals surface area contributed by atoms with Crippen LogP contribution in [0.5, 0.6) is 11.5 Å². The molecular weight excluding hydrogens is 263 g/mol. The topological polar surface area (TPSA) is 75.2 Å². The average Bonchev–Trinajstić information content (AvgIpc) is 2.85. The molecule has 0 bridgehead atoms. The van der Waals surface area contributed by atoms with Crippen LogP contribution in [0.3, 0.4) is 0 Å². The molecule has 0 spiro atoms. The maximum atomic E-state index is 13.2. The van der Waals surface area contributed by atoms with Crippen molar-refractivity contribution < 1.29 is 19.0 Å². The Labute approximate surface area is 112 Å². The molecule has 0 saturated heterocycles. The summed E-state index contributed by atoms with van der Waals surface area (Å²) in [6.07, 6.45) is 3.17. The second kappa shape index (κ2) is 4.65. The zero-order valence-corrected chi connectivity index (χ0v) is 10.1. The van der Waals surface area contributed by atoms with Crippen molar-refractivity contribution in [2.24, 2.45) is 0 Å². The first-order chi connectivity index (χ1) is 9.63. The summed E-state index contributed by atoms with van der Waals surface area (Å²) in [5.74, 6) is -1.48. The Kier molecular flexibility index (Phi) is 2.83. The maximum absolute atomic E-state index is 13.2. The Morgan fingerprint density at radius 1 is 1.30 bits per heavy atom. The van der Waals surface area contributed by atoms with Gasteiger partial charge in [-0.3, -0.25) is 0 Å². The van der Waals surface area contributed by atoms with Crippen LogP contribution >= 0.6 is 0 Å². The first-order valence-corrected chi connectivity index (χ1v) is 5.77. The van der Waals surface area contributed by atoms with Crippen molar-refractivity contribution >= 4 is 17.0 Å². The summed E-state index contributed by atoms with van der Waals surface area (Å²) < 4.78 is 18.7. The summed E-state index contributed by atoms with van der Waals surface area (Å²) in [4.78, 5) is 18.1. The van der Waals surface area contributed by atoms with Gasteiger partial charge in [0, 0.05) is 17.6 Å². The summed E-state index contributed by atoms with van der Waals surface area (Å²) in [6.45, 7) is 0. The zero-order chi connectivity index (χ0) is 14.1. The Morgan fingerprint density at radius 3 is 2.95 bits per heavy atom. The normalized spacial score (nSPS) is 10.7. The van der Waals surface area contributed by atoms with Gasteiger partial charge >= 0.3 is 5.97 Å². The van der Waals surface area contributed by atoms with Gasteiger partial charge in [-0.2, -0.15) is 0 Å². The van der Waals surface area contributed by atoms with Gasteiger partial charge in [0.1, 0.15) is 28.5 Å². The summed E-state index contributed by atoms with van der Waals surface area (Å²) in [5.41, 5.74) is 0.579. The number of aromatic carboxylic acids is 1. The SMILES string of the molecule is O=C(O)c1ccc(F)cc1Oc1cnc2[nH]ccc2c1. The zero-order valence-electron chi connectivity index (χ0n) is 10.1. The molecule has 0 saturated carbocycles. The second-order valence-corrected chi connectivity index (χ2v) is 4.13. The van der Waals surface area contributed by atoms with Crippen molar-refractivity contribution in [3.05, 3.63) is 54.1 Å². The van der Waals surface area contributed by atoms with Gasteiger partial charge in [-0.1, -0.05) is 0 Å². The molecule has 100 valence electrons. The van der Waals surface area contributed by atoms with E-state index < -0.39 is 11.8 Å². The van der Waals surface area contributed by atoms with Crippen molar-refractivity contribution in [3.63, 3.8) is 0 Å². The van der Waals surface area contributed by atoms with Crippen LogP contribution in [-0.2, 0) is 0 Å². The quantitative estimate of drug-likeness (QED) is 0.767.